The Morgan fingerprint density at radius 3 is 2.20 bits per heavy atom. The molecule has 5 aliphatic rings. The van der Waals surface area contributed by atoms with Crippen molar-refractivity contribution in [3.8, 4) is 11.5 Å². The molecule has 1 heterocycles. The molecular formula is C47H65ClN2O6. The van der Waals surface area contributed by atoms with Crippen LogP contribution < -0.4 is 0 Å². The Labute approximate surface area is 339 Å². The number of ketones is 1. The molecule has 0 spiro atoms. The number of halogens is 1. The molecule has 5 aliphatic carbocycles. The zero-order valence-corrected chi connectivity index (χ0v) is 36.7. The molecule has 9 heteroatoms. The summed E-state index contributed by atoms with van der Waals surface area (Å²) in [5, 5.41) is 9.89. The SMILES string of the molecule is CC(C)C1=C2[C@H]3CC[C@@H]4[C@@]5(C)CC[C@H](OC(=O)CC(C)(C)C(=O)OC(C)(C)C)C(C)(C)[C@@H]5CC[C@@]4(C)[C@]3(C)CC[C@@]2(c2nnc(-c3ccc(Cl)cc3)o2)CC1=O. The monoisotopic (exact) mass is 788 g/mol. The Kier molecular flexibility index (Phi) is 9.94. The maximum absolute atomic E-state index is 14.2. The third-order valence-electron chi connectivity index (χ3n) is 16.1. The highest BCUT2D eigenvalue weighted by Gasteiger charge is 2.71. The lowest BCUT2D eigenvalue weighted by Crippen LogP contribution is -2.66. The maximum Gasteiger partial charge on any atom is 0.312 e. The summed E-state index contributed by atoms with van der Waals surface area (Å²) in [5.74, 6) is 1.78. The van der Waals surface area contributed by atoms with Crippen LogP contribution in [-0.2, 0) is 29.3 Å². The molecule has 1 aromatic carbocycles. The van der Waals surface area contributed by atoms with Gasteiger partial charge in [-0.15, -0.1) is 10.2 Å². The number of ether oxygens (including phenoxy) is 2. The van der Waals surface area contributed by atoms with Gasteiger partial charge in [-0.3, -0.25) is 14.4 Å². The Hall–Kier alpha value is -3.00. The van der Waals surface area contributed by atoms with E-state index in [9.17, 15) is 14.4 Å². The number of esters is 2. The maximum atomic E-state index is 14.2. The largest absolute Gasteiger partial charge is 0.462 e. The molecule has 0 aliphatic heterocycles. The second-order valence-electron chi connectivity index (χ2n) is 21.6. The predicted octanol–water partition coefficient (Wildman–Crippen LogP) is 11.3. The summed E-state index contributed by atoms with van der Waals surface area (Å²) in [4.78, 5) is 40.7. The Bertz CT molecular complexity index is 1940. The molecule has 56 heavy (non-hydrogen) atoms. The van der Waals surface area contributed by atoms with Crippen LogP contribution in [-0.4, -0.2) is 39.6 Å². The van der Waals surface area contributed by atoms with Crippen molar-refractivity contribution in [1.82, 2.24) is 10.2 Å². The molecule has 0 saturated heterocycles. The van der Waals surface area contributed by atoms with Gasteiger partial charge in [0.2, 0.25) is 11.8 Å². The van der Waals surface area contributed by atoms with Crippen LogP contribution in [0.1, 0.15) is 153 Å². The van der Waals surface area contributed by atoms with Gasteiger partial charge in [-0.25, -0.2) is 0 Å². The molecule has 2 aromatic rings. The zero-order valence-electron chi connectivity index (χ0n) is 36.0. The van der Waals surface area contributed by atoms with E-state index in [-0.39, 0.29) is 63.7 Å². The summed E-state index contributed by atoms with van der Waals surface area (Å²) in [5.41, 5.74) is 0.781. The summed E-state index contributed by atoms with van der Waals surface area (Å²) >= 11 is 6.18. The summed E-state index contributed by atoms with van der Waals surface area (Å²) in [6.45, 7) is 25.7. The molecular weight excluding hydrogens is 724 g/mol. The Morgan fingerprint density at radius 1 is 0.875 bits per heavy atom. The van der Waals surface area contributed by atoms with Gasteiger partial charge in [0.15, 0.2) is 5.78 Å². The van der Waals surface area contributed by atoms with Gasteiger partial charge < -0.3 is 13.9 Å². The van der Waals surface area contributed by atoms with Crippen LogP contribution in [0.25, 0.3) is 11.5 Å². The third-order valence-corrected chi connectivity index (χ3v) is 16.4. The number of carbonyl (C=O) groups excluding carboxylic acids is 3. The molecule has 1 aromatic heterocycles. The number of carbonyl (C=O) groups is 3. The fraction of sp³-hybridized carbons (Fsp3) is 0.723. The second kappa shape index (κ2) is 13.5. The van der Waals surface area contributed by atoms with Crippen LogP contribution in [0.2, 0.25) is 5.02 Å². The summed E-state index contributed by atoms with van der Waals surface area (Å²) in [6, 6.07) is 7.46. The van der Waals surface area contributed by atoms with Crippen molar-refractivity contribution in [2.45, 2.75) is 164 Å². The first-order valence-corrected chi connectivity index (χ1v) is 21.6. The average molecular weight is 789 g/mol. The number of aromatic nitrogens is 2. The van der Waals surface area contributed by atoms with E-state index in [0.717, 1.165) is 62.5 Å². The number of rotatable bonds is 7. The molecule has 4 saturated carbocycles. The second-order valence-corrected chi connectivity index (χ2v) is 22.0. The van der Waals surface area contributed by atoms with Crippen molar-refractivity contribution in [2.75, 3.05) is 0 Å². The van der Waals surface area contributed by atoms with Crippen LogP contribution in [0.15, 0.2) is 39.8 Å². The normalized spacial score (nSPS) is 35.4. The predicted molar refractivity (Wildman–Crippen MR) is 218 cm³/mol. The highest BCUT2D eigenvalue weighted by Crippen LogP contribution is 2.76. The van der Waals surface area contributed by atoms with Gasteiger partial charge in [0.05, 0.1) is 17.3 Å². The number of hydrogen-bond acceptors (Lipinski definition) is 8. The lowest BCUT2D eigenvalue weighted by Gasteiger charge is -2.72. The molecule has 4 fully saturated rings. The lowest BCUT2D eigenvalue weighted by molar-refractivity contribution is -0.232. The topological polar surface area (TPSA) is 109 Å². The van der Waals surface area contributed by atoms with E-state index in [1.165, 1.54) is 5.57 Å². The minimum absolute atomic E-state index is 0.0128. The minimum atomic E-state index is -0.979. The average Bonchev–Trinajstić information content (AvgIpc) is 3.69. The van der Waals surface area contributed by atoms with Crippen LogP contribution in [0.4, 0.5) is 0 Å². The Balaban J connectivity index is 1.16. The fourth-order valence-electron chi connectivity index (χ4n) is 13.2. The van der Waals surface area contributed by atoms with Crippen LogP contribution in [0.3, 0.4) is 0 Å². The molecule has 0 N–H and O–H groups in total. The summed E-state index contributed by atoms with van der Waals surface area (Å²) in [6.07, 6.45) is 8.03. The minimum Gasteiger partial charge on any atom is -0.462 e. The third kappa shape index (κ3) is 6.32. The fourth-order valence-corrected chi connectivity index (χ4v) is 13.4. The standard InChI is InChI=1S/C47H65ClN2O6/c1-27(2)36-31(51)25-47(39-50-49-38(55-39)28-13-15-29(48)16-14-28)24-23-45(11)30(37(36)47)17-18-33-44(10)21-20-34(43(8,9)32(44)19-22-46(33,45)12)54-35(52)26-42(6,7)40(53)56-41(3,4)5/h13-16,27,30,32-34H,17-26H2,1-12H3/t30-,32+,33-,34+,44+,45-,46-,47-/m1/s1. The van der Waals surface area contributed by atoms with Crippen molar-refractivity contribution in [1.29, 1.82) is 0 Å². The van der Waals surface area contributed by atoms with Gasteiger partial charge in [-0.2, -0.15) is 0 Å². The van der Waals surface area contributed by atoms with Gasteiger partial charge in [-0.1, -0.05) is 60.1 Å². The first kappa shape index (κ1) is 41.2. The molecule has 0 unspecified atom stereocenters. The number of benzene rings is 1. The van der Waals surface area contributed by atoms with Crippen LogP contribution in [0.5, 0.6) is 0 Å². The number of Topliss-reactive ketones (excluding diaryl/α,β-unsaturated/α-hetero) is 1. The van der Waals surface area contributed by atoms with Gasteiger partial charge >= 0.3 is 11.9 Å². The molecule has 306 valence electrons. The quantitative estimate of drug-likeness (QED) is 0.255. The summed E-state index contributed by atoms with van der Waals surface area (Å²) in [7, 11) is 0. The van der Waals surface area contributed by atoms with Crippen molar-refractivity contribution in [2.24, 2.45) is 50.7 Å². The van der Waals surface area contributed by atoms with E-state index in [1.54, 1.807) is 13.8 Å². The van der Waals surface area contributed by atoms with Crippen LogP contribution >= 0.6 is 11.6 Å². The van der Waals surface area contributed by atoms with E-state index in [0.29, 0.717) is 35.1 Å². The van der Waals surface area contributed by atoms with E-state index in [2.05, 4.69) is 53.6 Å². The molecule has 7 rings (SSSR count). The van der Waals surface area contributed by atoms with E-state index < -0.39 is 16.4 Å². The van der Waals surface area contributed by atoms with Crippen molar-refractivity contribution < 1.29 is 28.3 Å². The van der Waals surface area contributed by atoms with Crippen molar-refractivity contribution in [3.05, 3.63) is 46.3 Å². The number of hydrogen-bond donors (Lipinski definition) is 0. The van der Waals surface area contributed by atoms with Gasteiger partial charge in [0, 0.05) is 22.4 Å². The number of nitrogens with zero attached hydrogens (tertiary/aromatic N) is 2. The Morgan fingerprint density at radius 2 is 1.55 bits per heavy atom. The number of allylic oxidation sites excluding steroid dienone is 2. The molecule has 0 bridgehead atoms. The summed E-state index contributed by atoms with van der Waals surface area (Å²) < 4.78 is 18.6. The zero-order chi connectivity index (χ0) is 41.0. The smallest absolute Gasteiger partial charge is 0.312 e. The lowest BCUT2D eigenvalue weighted by atomic mass is 9.33. The highest BCUT2D eigenvalue weighted by molar-refractivity contribution is 6.30. The molecule has 8 nitrogen and oxygen atoms in total. The van der Waals surface area contributed by atoms with Crippen molar-refractivity contribution in [3.63, 3.8) is 0 Å². The van der Waals surface area contributed by atoms with Gasteiger partial charge in [0.1, 0.15) is 11.7 Å². The van der Waals surface area contributed by atoms with E-state index in [1.807, 2.05) is 45.0 Å². The molecule has 8 atom stereocenters. The molecule has 0 amide bonds. The van der Waals surface area contributed by atoms with Gasteiger partial charge in [-0.05, 0) is 161 Å². The van der Waals surface area contributed by atoms with E-state index >= 15 is 0 Å². The van der Waals surface area contributed by atoms with Gasteiger partial charge in [0.25, 0.3) is 0 Å². The molecule has 0 radical (unpaired) electrons. The van der Waals surface area contributed by atoms with Crippen LogP contribution in [0, 0.1) is 50.7 Å². The highest BCUT2D eigenvalue weighted by atomic mass is 35.5. The van der Waals surface area contributed by atoms with Crippen molar-refractivity contribution >= 4 is 29.3 Å². The first-order valence-electron chi connectivity index (χ1n) is 21.2. The number of fused-ring (bicyclic) bond motifs is 7. The van der Waals surface area contributed by atoms with E-state index in [4.69, 9.17) is 30.6 Å². The first-order chi connectivity index (χ1) is 25.9.